The van der Waals surface area contributed by atoms with E-state index in [2.05, 4.69) is 10.6 Å². The van der Waals surface area contributed by atoms with Crippen molar-refractivity contribution < 1.29 is 42.1 Å². The highest BCUT2D eigenvalue weighted by atomic mass is 19.1. The van der Waals surface area contributed by atoms with Crippen LogP contribution in [0.5, 0.6) is 5.75 Å². The van der Waals surface area contributed by atoms with E-state index in [1.807, 2.05) is 6.92 Å². The van der Waals surface area contributed by atoms with E-state index in [1.54, 1.807) is 0 Å². The predicted octanol–water partition coefficient (Wildman–Crippen LogP) is 1.36. The minimum absolute atomic E-state index is 0.00239. The van der Waals surface area contributed by atoms with Crippen molar-refractivity contribution in [3.63, 3.8) is 0 Å². The lowest BCUT2D eigenvalue weighted by molar-refractivity contribution is -0.112. The fourth-order valence-corrected chi connectivity index (χ4v) is 4.32. The molecule has 2 N–H and O–H groups in total. The molecular weight excluding hydrogens is 522 g/mol. The van der Waals surface area contributed by atoms with Gasteiger partial charge in [-0.2, -0.15) is 0 Å². The second kappa shape index (κ2) is 12.2. The molecule has 1 saturated heterocycles. The molecule has 1 aromatic carbocycles. The Labute approximate surface area is 221 Å². The third-order valence-corrected chi connectivity index (χ3v) is 6.33. The summed E-state index contributed by atoms with van der Waals surface area (Å²) >= 11 is 0. The van der Waals surface area contributed by atoms with E-state index >= 15 is 0 Å². The lowest BCUT2D eigenvalue weighted by Gasteiger charge is -2.44. The first kappa shape index (κ1) is 28.0. The van der Waals surface area contributed by atoms with Gasteiger partial charge in [0, 0.05) is 44.1 Å². The molecule has 2 atom stereocenters. The van der Waals surface area contributed by atoms with Crippen LogP contribution in [0, 0.1) is 11.6 Å². The zero-order valence-electron chi connectivity index (χ0n) is 21.3. The predicted molar refractivity (Wildman–Crippen MR) is 130 cm³/mol. The Morgan fingerprint density at radius 1 is 1.21 bits per heavy atom. The standard InChI is InChI=1S/C25H28F2N4O8/c1-14-5-7-37-19-12-30-11-17(23(33)29-10-15-3-4-16(26)9-18(15)27)21(32)22(20(30)24(34)31(14)19)38-13-39-25(35)28-6-8-36-2/h3-4,9,11,14,19H,5-8,10,12-13H2,1-2H3,(H,28,35)(H,29,33)/t14-,19+/m1/s1. The molecular formula is C25H28F2N4O8. The van der Waals surface area contributed by atoms with Crippen molar-refractivity contribution in [2.75, 3.05) is 33.7 Å². The van der Waals surface area contributed by atoms with Crippen molar-refractivity contribution in [1.29, 1.82) is 0 Å². The molecule has 39 heavy (non-hydrogen) atoms. The molecule has 210 valence electrons. The first-order valence-corrected chi connectivity index (χ1v) is 12.2. The van der Waals surface area contributed by atoms with Crippen molar-refractivity contribution >= 4 is 17.9 Å². The number of hydrogen-bond acceptors (Lipinski definition) is 8. The summed E-state index contributed by atoms with van der Waals surface area (Å²) < 4.78 is 49.6. The average Bonchev–Trinajstić information content (AvgIpc) is 2.89. The van der Waals surface area contributed by atoms with Crippen LogP contribution in [0.25, 0.3) is 0 Å². The van der Waals surface area contributed by atoms with Crippen LogP contribution in [0.2, 0.25) is 0 Å². The fourth-order valence-electron chi connectivity index (χ4n) is 4.32. The smallest absolute Gasteiger partial charge is 0.410 e. The number of hydrogen-bond donors (Lipinski definition) is 2. The minimum atomic E-state index is -0.931. The maximum atomic E-state index is 14.0. The molecule has 1 fully saturated rings. The Hall–Kier alpha value is -4.04. The van der Waals surface area contributed by atoms with Gasteiger partial charge in [-0.25, -0.2) is 13.6 Å². The molecule has 2 aliphatic heterocycles. The Balaban J connectivity index is 1.61. The first-order chi connectivity index (χ1) is 18.7. The number of methoxy groups -OCH3 is 1. The maximum Gasteiger partial charge on any atom is 0.410 e. The highest BCUT2D eigenvalue weighted by molar-refractivity contribution is 5.99. The number of carbonyl (C=O) groups is 3. The molecule has 4 rings (SSSR count). The highest BCUT2D eigenvalue weighted by Crippen LogP contribution is 2.30. The summed E-state index contributed by atoms with van der Waals surface area (Å²) in [5.74, 6) is -3.55. The number of benzene rings is 1. The van der Waals surface area contributed by atoms with E-state index in [4.69, 9.17) is 18.9 Å². The van der Waals surface area contributed by atoms with Gasteiger partial charge in [-0.15, -0.1) is 0 Å². The third-order valence-electron chi connectivity index (χ3n) is 6.33. The van der Waals surface area contributed by atoms with Gasteiger partial charge >= 0.3 is 6.09 Å². The van der Waals surface area contributed by atoms with E-state index < -0.39 is 59.3 Å². The summed E-state index contributed by atoms with van der Waals surface area (Å²) in [5.41, 5.74) is -1.45. The second-order valence-corrected chi connectivity index (χ2v) is 8.91. The summed E-state index contributed by atoms with van der Waals surface area (Å²) in [6.45, 7) is 1.74. The summed E-state index contributed by atoms with van der Waals surface area (Å²) in [4.78, 5) is 53.2. The van der Waals surface area contributed by atoms with Crippen molar-refractivity contribution in [2.45, 2.75) is 38.7 Å². The van der Waals surface area contributed by atoms with Crippen molar-refractivity contribution in [1.82, 2.24) is 20.1 Å². The van der Waals surface area contributed by atoms with Crippen molar-refractivity contribution in [3.05, 3.63) is 63.1 Å². The third kappa shape index (κ3) is 6.17. The molecule has 0 spiro atoms. The summed E-state index contributed by atoms with van der Waals surface area (Å²) in [6, 6.07) is 2.71. The summed E-state index contributed by atoms with van der Waals surface area (Å²) in [5, 5.41) is 4.83. The van der Waals surface area contributed by atoms with E-state index in [1.165, 1.54) is 28.8 Å². The lowest BCUT2D eigenvalue weighted by Crippen LogP contribution is -2.57. The van der Waals surface area contributed by atoms with Crippen LogP contribution < -0.4 is 20.8 Å². The summed E-state index contributed by atoms with van der Waals surface area (Å²) in [7, 11) is 1.46. The van der Waals surface area contributed by atoms with Gasteiger partial charge in [0.2, 0.25) is 18.0 Å². The summed E-state index contributed by atoms with van der Waals surface area (Å²) in [6.07, 6.45) is 0.321. The van der Waals surface area contributed by atoms with Crippen molar-refractivity contribution in [3.8, 4) is 5.75 Å². The van der Waals surface area contributed by atoms with Crippen LogP contribution in [-0.4, -0.2) is 73.3 Å². The number of ether oxygens (including phenoxy) is 4. The number of nitrogens with one attached hydrogen (secondary N) is 2. The molecule has 0 radical (unpaired) electrons. The quantitative estimate of drug-likeness (QED) is 0.353. The number of nitrogens with zero attached hydrogens (tertiary/aromatic N) is 2. The molecule has 0 saturated carbocycles. The van der Waals surface area contributed by atoms with Crippen molar-refractivity contribution in [2.24, 2.45) is 0 Å². The Bertz CT molecular complexity index is 1320. The van der Waals surface area contributed by atoms with Gasteiger partial charge in [0.15, 0.2) is 11.9 Å². The van der Waals surface area contributed by atoms with Crippen LogP contribution in [0.3, 0.4) is 0 Å². The van der Waals surface area contributed by atoms with Crippen LogP contribution in [-0.2, 0) is 27.3 Å². The molecule has 2 aliphatic rings. The van der Waals surface area contributed by atoms with Crippen LogP contribution >= 0.6 is 0 Å². The number of fused-ring (bicyclic) bond motifs is 2. The van der Waals surface area contributed by atoms with E-state index in [-0.39, 0.29) is 43.5 Å². The van der Waals surface area contributed by atoms with Crippen LogP contribution in [0.1, 0.15) is 39.8 Å². The van der Waals surface area contributed by atoms with Gasteiger partial charge in [0.1, 0.15) is 17.2 Å². The Morgan fingerprint density at radius 2 is 2.00 bits per heavy atom. The SMILES string of the molecule is COCCNC(=O)OCOc1c2n(cc(C(=O)NCc3ccc(F)cc3F)c1=O)C[C@@H]1OCC[C@@H](C)N1C2=O. The number of amides is 3. The number of aromatic nitrogens is 1. The second-order valence-electron chi connectivity index (χ2n) is 8.91. The van der Waals surface area contributed by atoms with Gasteiger partial charge < -0.3 is 39.0 Å². The van der Waals surface area contributed by atoms with E-state index in [9.17, 15) is 28.0 Å². The normalized spacial score (nSPS) is 18.2. The molecule has 3 heterocycles. The molecule has 0 unspecified atom stereocenters. The number of alkyl carbamates (subject to hydrolysis) is 1. The molecule has 14 heteroatoms. The van der Waals surface area contributed by atoms with Gasteiger partial charge in [-0.3, -0.25) is 14.4 Å². The largest absolute Gasteiger partial charge is 0.451 e. The molecule has 3 amide bonds. The number of halogens is 2. The maximum absolute atomic E-state index is 14.0. The Morgan fingerprint density at radius 3 is 2.74 bits per heavy atom. The first-order valence-electron chi connectivity index (χ1n) is 12.2. The zero-order valence-corrected chi connectivity index (χ0v) is 21.3. The fraction of sp³-hybridized carbons (Fsp3) is 0.440. The molecule has 0 bridgehead atoms. The molecule has 2 aromatic rings. The Kier molecular flexibility index (Phi) is 8.76. The lowest BCUT2D eigenvalue weighted by atomic mass is 10.1. The number of rotatable bonds is 9. The van der Waals surface area contributed by atoms with Gasteiger partial charge in [-0.05, 0) is 19.4 Å². The van der Waals surface area contributed by atoms with E-state index in [0.717, 1.165) is 6.07 Å². The highest BCUT2D eigenvalue weighted by Gasteiger charge is 2.41. The average molecular weight is 551 g/mol. The van der Waals surface area contributed by atoms with Gasteiger partial charge in [-0.1, -0.05) is 6.07 Å². The van der Waals surface area contributed by atoms with Crippen LogP contribution in [0.4, 0.5) is 13.6 Å². The molecule has 0 aliphatic carbocycles. The zero-order chi connectivity index (χ0) is 28.1. The monoisotopic (exact) mass is 550 g/mol. The number of carbonyl (C=O) groups excluding carboxylic acids is 3. The number of pyridine rings is 1. The minimum Gasteiger partial charge on any atom is -0.451 e. The van der Waals surface area contributed by atoms with Crippen LogP contribution in [0.15, 0.2) is 29.2 Å². The van der Waals surface area contributed by atoms with Gasteiger partial charge in [0.25, 0.3) is 11.8 Å². The molecule has 12 nitrogen and oxygen atoms in total. The topological polar surface area (TPSA) is 137 Å². The van der Waals surface area contributed by atoms with Gasteiger partial charge in [0.05, 0.1) is 19.8 Å². The van der Waals surface area contributed by atoms with E-state index in [0.29, 0.717) is 19.1 Å². The molecule has 1 aromatic heterocycles.